The summed E-state index contributed by atoms with van der Waals surface area (Å²) in [4.78, 5) is 25.8. The number of hydrogen-bond acceptors (Lipinski definition) is 6. The predicted molar refractivity (Wildman–Crippen MR) is 47.5 cm³/mol. The van der Waals surface area contributed by atoms with Crippen LogP contribution in [0.4, 0.5) is 0 Å². The Balaban J connectivity index is 2.39. The molecule has 1 heterocycles. The second kappa shape index (κ2) is 4.84. The molecular formula is C5H5ClN4O3S. The normalized spacial score (nSPS) is 9.79. The van der Waals surface area contributed by atoms with Crippen LogP contribution in [0.3, 0.4) is 0 Å². The number of nitrogens with zero attached hydrogens (tertiary/aromatic N) is 2. The lowest BCUT2D eigenvalue weighted by Gasteiger charge is -1.99. The monoisotopic (exact) mass is 236 g/mol. The summed E-state index contributed by atoms with van der Waals surface area (Å²) in [6.45, 7) is -0.404. The molecule has 3 N–H and O–H groups in total. The number of nitrogens with one attached hydrogen (secondary N) is 1. The molecule has 1 rings (SSSR count). The number of rotatable bonds is 4. The van der Waals surface area contributed by atoms with E-state index in [-0.39, 0.29) is 9.47 Å². The van der Waals surface area contributed by atoms with Crippen LogP contribution in [0.2, 0.25) is 4.47 Å². The lowest BCUT2D eigenvalue weighted by molar-refractivity contribution is -0.124. The van der Waals surface area contributed by atoms with E-state index >= 15 is 0 Å². The first kappa shape index (κ1) is 10.8. The molecule has 7 nitrogen and oxygen atoms in total. The van der Waals surface area contributed by atoms with Gasteiger partial charge in [0.15, 0.2) is 6.61 Å². The summed E-state index contributed by atoms with van der Waals surface area (Å²) >= 11 is 6.33. The van der Waals surface area contributed by atoms with Crippen molar-refractivity contribution < 1.29 is 14.4 Å². The van der Waals surface area contributed by atoms with E-state index in [0.717, 1.165) is 11.3 Å². The molecule has 0 spiro atoms. The molecule has 0 saturated heterocycles. The summed E-state index contributed by atoms with van der Waals surface area (Å²) in [5.41, 5.74) is 6.71. The Hall–Kier alpha value is -1.25. The van der Waals surface area contributed by atoms with Crippen molar-refractivity contribution in [2.24, 2.45) is 5.73 Å². The number of aromatic nitrogens is 2. The zero-order valence-electron chi connectivity index (χ0n) is 6.69. The first-order valence-electron chi connectivity index (χ1n) is 3.29. The zero-order valence-corrected chi connectivity index (χ0v) is 8.26. The molecule has 0 fully saturated rings. The Morgan fingerprint density at radius 3 is 2.79 bits per heavy atom. The van der Waals surface area contributed by atoms with Crippen molar-refractivity contribution in [1.29, 1.82) is 0 Å². The molecule has 0 unspecified atom stereocenters. The molecule has 0 atom stereocenters. The second-order valence-corrected chi connectivity index (χ2v) is 3.61. The van der Waals surface area contributed by atoms with Gasteiger partial charge in [-0.3, -0.25) is 14.4 Å². The third-order valence-electron chi connectivity index (χ3n) is 0.974. The van der Waals surface area contributed by atoms with Crippen LogP contribution in [0, 0.1) is 0 Å². The van der Waals surface area contributed by atoms with Gasteiger partial charge in [-0.25, -0.2) is 5.48 Å². The van der Waals surface area contributed by atoms with Crippen molar-refractivity contribution in [3.63, 3.8) is 0 Å². The number of hydrogen-bond donors (Lipinski definition) is 2. The van der Waals surface area contributed by atoms with Crippen LogP contribution in [-0.2, 0) is 9.63 Å². The fourth-order valence-electron chi connectivity index (χ4n) is 0.513. The van der Waals surface area contributed by atoms with Crippen LogP contribution in [-0.4, -0.2) is 28.6 Å². The molecule has 9 heteroatoms. The summed E-state index contributed by atoms with van der Waals surface area (Å²) < 4.78 is 0.144. The molecule has 0 radical (unpaired) electrons. The number of hydroxylamine groups is 1. The molecule has 0 aliphatic rings. The lowest BCUT2D eigenvalue weighted by atomic mass is 10.7. The Labute approximate surface area is 87.2 Å². The van der Waals surface area contributed by atoms with Gasteiger partial charge >= 0.3 is 5.91 Å². The van der Waals surface area contributed by atoms with Crippen molar-refractivity contribution in [2.45, 2.75) is 0 Å². The predicted octanol–water partition coefficient (Wildman–Crippen LogP) is -0.662. The van der Waals surface area contributed by atoms with Crippen molar-refractivity contribution in [2.75, 3.05) is 6.61 Å². The fourth-order valence-corrected chi connectivity index (χ4v) is 1.23. The molecule has 0 aromatic carbocycles. The highest BCUT2D eigenvalue weighted by Crippen LogP contribution is 2.14. The third-order valence-corrected chi connectivity index (χ3v) is 1.99. The van der Waals surface area contributed by atoms with Crippen LogP contribution >= 0.6 is 22.9 Å². The molecule has 0 bridgehead atoms. The summed E-state index contributed by atoms with van der Waals surface area (Å²) in [5.74, 6) is -1.32. The quantitative estimate of drug-likeness (QED) is 0.675. The summed E-state index contributed by atoms with van der Waals surface area (Å²) in [5, 5.41) is 6.89. The topological polar surface area (TPSA) is 107 Å². The van der Waals surface area contributed by atoms with Gasteiger partial charge < -0.3 is 5.73 Å². The van der Waals surface area contributed by atoms with Crippen LogP contribution in [0.25, 0.3) is 0 Å². The third kappa shape index (κ3) is 3.24. The highest BCUT2D eigenvalue weighted by atomic mass is 35.5. The van der Waals surface area contributed by atoms with E-state index in [0.29, 0.717) is 0 Å². The van der Waals surface area contributed by atoms with E-state index in [1.54, 1.807) is 0 Å². The Morgan fingerprint density at radius 1 is 1.57 bits per heavy atom. The largest absolute Gasteiger partial charge is 0.368 e. The summed E-state index contributed by atoms with van der Waals surface area (Å²) in [6.07, 6.45) is 0. The van der Waals surface area contributed by atoms with Gasteiger partial charge in [0.1, 0.15) is 0 Å². The first-order chi connectivity index (χ1) is 6.59. The highest BCUT2D eigenvalue weighted by Gasteiger charge is 2.11. The van der Waals surface area contributed by atoms with Crippen molar-refractivity contribution in [3.8, 4) is 0 Å². The SMILES string of the molecule is NC(=O)CONC(=O)c1nnc(Cl)s1. The van der Waals surface area contributed by atoms with Gasteiger partial charge in [-0.2, -0.15) is 0 Å². The maximum atomic E-state index is 11.1. The number of carbonyl (C=O) groups is 2. The van der Waals surface area contributed by atoms with E-state index in [2.05, 4.69) is 15.0 Å². The number of amides is 2. The standard InChI is InChI=1S/C5H5ClN4O3S/c6-5-9-8-4(14-5)3(12)10-13-1-2(7)11/h1H2,(H2,7,11)(H,10,12). The average molecular weight is 237 g/mol. The molecule has 0 aliphatic heterocycles. The van der Waals surface area contributed by atoms with E-state index < -0.39 is 18.4 Å². The van der Waals surface area contributed by atoms with Crippen molar-refractivity contribution in [1.82, 2.24) is 15.7 Å². The van der Waals surface area contributed by atoms with Crippen molar-refractivity contribution >= 4 is 34.8 Å². The molecule has 1 aromatic rings. The van der Waals surface area contributed by atoms with Crippen molar-refractivity contribution in [3.05, 3.63) is 9.47 Å². The van der Waals surface area contributed by atoms with E-state index in [4.69, 9.17) is 17.3 Å². The first-order valence-corrected chi connectivity index (χ1v) is 4.48. The van der Waals surface area contributed by atoms with Crippen LogP contribution in [0.1, 0.15) is 9.80 Å². The summed E-state index contributed by atoms with van der Waals surface area (Å²) in [7, 11) is 0. The van der Waals surface area contributed by atoms with Gasteiger partial charge in [-0.1, -0.05) is 11.3 Å². The molecule has 1 aromatic heterocycles. The van der Waals surface area contributed by atoms with E-state index in [1.165, 1.54) is 0 Å². The molecule has 2 amide bonds. The minimum Gasteiger partial charge on any atom is -0.368 e. The lowest BCUT2D eigenvalue weighted by Crippen LogP contribution is -2.29. The highest BCUT2D eigenvalue weighted by molar-refractivity contribution is 7.17. The van der Waals surface area contributed by atoms with Gasteiger partial charge in [-0.05, 0) is 11.6 Å². The van der Waals surface area contributed by atoms with Crippen LogP contribution in [0.15, 0.2) is 0 Å². The minimum atomic E-state index is -0.694. The molecule has 76 valence electrons. The Bertz CT molecular complexity index is 355. The second-order valence-electron chi connectivity index (χ2n) is 2.05. The average Bonchev–Trinajstić information content (AvgIpc) is 2.51. The number of nitrogens with two attached hydrogens (primary N) is 1. The zero-order chi connectivity index (χ0) is 10.6. The van der Waals surface area contributed by atoms with Crippen LogP contribution < -0.4 is 11.2 Å². The molecule has 0 aliphatic carbocycles. The Morgan fingerprint density at radius 2 is 2.29 bits per heavy atom. The molecule has 14 heavy (non-hydrogen) atoms. The number of carbonyl (C=O) groups excluding carboxylic acids is 2. The number of primary amides is 1. The summed E-state index contributed by atoms with van der Waals surface area (Å²) in [6, 6.07) is 0. The van der Waals surface area contributed by atoms with Gasteiger partial charge in [0, 0.05) is 0 Å². The molecule has 0 saturated carbocycles. The smallest absolute Gasteiger partial charge is 0.305 e. The fraction of sp³-hybridized carbons (Fsp3) is 0.200. The van der Waals surface area contributed by atoms with Gasteiger partial charge in [0.05, 0.1) is 0 Å². The van der Waals surface area contributed by atoms with Gasteiger partial charge in [0.25, 0.3) is 0 Å². The minimum absolute atomic E-state index is 0.0412. The molecular weight excluding hydrogens is 232 g/mol. The maximum Gasteiger partial charge on any atom is 0.305 e. The maximum absolute atomic E-state index is 11.1. The van der Waals surface area contributed by atoms with E-state index in [1.807, 2.05) is 5.48 Å². The Kier molecular flexibility index (Phi) is 3.74. The van der Waals surface area contributed by atoms with E-state index in [9.17, 15) is 9.59 Å². The number of halogens is 1. The van der Waals surface area contributed by atoms with Gasteiger partial charge in [0.2, 0.25) is 15.4 Å². The van der Waals surface area contributed by atoms with Crippen LogP contribution in [0.5, 0.6) is 0 Å². The van der Waals surface area contributed by atoms with Gasteiger partial charge in [-0.15, -0.1) is 10.2 Å².